The van der Waals surface area contributed by atoms with Crippen LogP contribution in [0, 0.1) is 11.3 Å². The lowest BCUT2D eigenvalue weighted by Gasteiger charge is -2.24. The number of ether oxygens (including phenoxy) is 3. The SMILES string of the molecule is COc1cc(C(=O)N[C@H]2CCOC2)ccc1-c1cc2nccc(-c3ccc(NC4CCOCC4)c(C#N)c3)c2o1. The van der Waals surface area contributed by atoms with Gasteiger partial charge in [-0.2, -0.15) is 5.26 Å². The lowest BCUT2D eigenvalue weighted by Crippen LogP contribution is -2.34. The number of fused-ring (bicyclic) bond motifs is 1. The first-order chi connectivity index (χ1) is 19.6. The van der Waals surface area contributed by atoms with Crippen molar-refractivity contribution in [3.63, 3.8) is 0 Å². The zero-order chi connectivity index (χ0) is 27.5. The fraction of sp³-hybridized carbons (Fsp3) is 0.323. The van der Waals surface area contributed by atoms with E-state index in [-0.39, 0.29) is 18.0 Å². The van der Waals surface area contributed by atoms with Gasteiger partial charge in [-0.3, -0.25) is 9.78 Å². The van der Waals surface area contributed by atoms with Gasteiger partial charge in [-0.1, -0.05) is 6.07 Å². The van der Waals surface area contributed by atoms with Crippen LogP contribution in [0.1, 0.15) is 35.2 Å². The molecular formula is C31H30N4O5. The van der Waals surface area contributed by atoms with Gasteiger partial charge in [0.05, 0.1) is 36.6 Å². The minimum absolute atomic E-state index is 0.0197. The molecule has 9 heteroatoms. The molecule has 9 nitrogen and oxygen atoms in total. The van der Waals surface area contributed by atoms with Crippen molar-refractivity contribution in [1.29, 1.82) is 5.26 Å². The molecule has 2 N–H and O–H groups in total. The highest BCUT2D eigenvalue weighted by Crippen LogP contribution is 2.38. The minimum Gasteiger partial charge on any atom is -0.496 e. The topological polar surface area (TPSA) is 119 Å². The van der Waals surface area contributed by atoms with Crippen LogP contribution in [0.2, 0.25) is 0 Å². The second-order valence-electron chi connectivity index (χ2n) is 10.0. The zero-order valence-corrected chi connectivity index (χ0v) is 22.2. The summed E-state index contributed by atoms with van der Waals surface area (Å²) in [7, 11) is 1.57. The summed E-state index contributed by atoms with van der Waals surface area (Å²) < 4.78 is 22.8. The maximum absolute atomic E-state index is 12.8. The molecule has 0 spiro atoms. The van der Waals surface area contributed by atoms with E-state index >= 15 is 0 Å². The molecule has 2 aliphatic heterocycles. The molecule has 4 heterocycles. The van der Waals surface area contributed by atoms with Crippen molar-refractivity contribution in [2.24, 2.45) is 0 Å². The summed E-state index contributed by atoms with van der Waals surface area (Å²) in [6, 6.07) is 17.5. The Morgan fingerprint density at radius 2 is 1.82 bits per heavy atom. The van der Waals surface area contributed by atoms with E-state index in [2.05, 4.69) is 21.7 Å². The normalized spacial score (nSPS) is 17.4. The lowest BCUT2D eigenvalue weighted by atomic mass is 10.0. The van der Waals surface area contributed by atoms with Gasteiger partial charge in [-0.05, 0) is 61.2 Å². The average molecular weight is 539 g/mol. The number of pyridine rings is 1. The van der Waals surface area contributed by atoms with Crippen LogP contribution >= 0.6 is 0 Å². The van der Waals surface area contributed by atoms with Gasteiger partial charge in [0, 0.05) is 49.3 Å². The molecule has 2 aliphatic rings. The molecule has 2 aromatic heterocycles. The zero-order valence-electron chi connectivity index (χ0n) is 22.2. The molecular weight excluding hydrogens is 508 g/mol. The van der Waals surface area contributed by atoms with Crippen molar-refractivity contribution in [3.05, 3.63) is 65.9 Å². The molecule has 2 fully saturated rings. The van der Waals surface area contributed by atoms with E-state index in [1.54, 1.807) is 25.4 Å². The van der Waals surface area contributed by atoms with Crippen molar-refractivity contribution >= 4 is 22.7 Å². The van der Waals surface area contributed by atoms with Gasteiger partial charge in [-0.15, -0.1) is 0 Å². The van der Waals surface area contributed by atoms with Crippen LogP contribution in [0.4, 0.5) is 5.69 Å². The standard InChI is InChI=1S/C31H30N4O5/c1-37-28-15-20(31(36)35-23-9-13-39-18-23)2-4-25(28)29-16-27-30(40-29)24(6-10-33-27)19-3-5-26(21(14-19)17-32)34-22-7-11-38-12-8-22/h2-6,10,14-16,22-23,34H,7-9,11-13,18H2,1H3,(H,35,36)/t23-/m0/s1. The monoisotopic (exact) mass is 538 g/mol. The molecule has 2 aromatic carbocycles. The maximum atomic E-state index is 12.8. The number of nitrogens with one attached hydrogen (secondary N) is 2. The third-order valence-corrected chi connectivity index (χ3v) is 7.44. The van der Waals surface area contributed by atoms with Gasteiger partial charge < -0.3 is 29.3 Å². The van der Waals surface area contributed by atoms with E-state index in [1.165, 1.54) is 0 Å². The first kappa shape index (κ1) is 25.9. The van der Waals surface area contributed by atoms with E-state index < -0.39 is 0 Å². The summed E-state index contributed by atoms with van der Waals surface area (Å²) in [5.41, 5.74) is 5.58. The molecule has 2 saturated heterocycles. The summed E-state index contributed by atoms with van der Waals surface area (Å²) in [4.78, 5) is 17.3. The van der Waals surface area contributed by atoms with Crippen LogP contribution in [-0.4, -0.2) is 56.5 Å². The minimum atomic E-state index is -0.169. The lowest BCUT2D eigenvalue weighted by molar-refractivity contribution is 0.0904. The van der Waals surface area contributed by atoms with Gasteiger partial charge >= 0.3 is 0 Å². The Morgan fingerprint density at radius 3 is 2.60 bits per heavy atom. The van der Waals surface area contributed by atoms with E-state index in [4.69, 9.17) is 18.6 Å². The number of furan rings is 1. The van der Waals surface area contributed by atoms with Crippen LogP contribution in [0.25, 0.3) is 33.6 Å². The first-order valence-corrected chi connectivity index (χ1v) is 13.5. The molecule has 0 unspecified atom stereocenters. The van der Waals surface area contributed by atoms with Crippen LogP contribution in [0.15, 0.2) is 59.1 Å². The van der Waals surface area contributed by atoms with Gasteiger partial charge in [-0.25, -0.2) is 0 Å². The molecule has 0 bridgehead atoms. The number of anilines is 1. The molecule has 40 heavy (non-hydrogen) atoms. The largest absolute Gasteiger partial charge is 0.496 e. The van der Waals surface area contributed by atoms with E-state index in [1.807, 2.05) is 36.4 Å². The number of rotatable bonds is 7. The quantitative estimate of drug-likeness (QED) is 0.332. The number of aromatic nitrogens is 1. The smallest absolute Gasteiger partial charge is 0.251 e. The summed E-state index contributed by atoms with van der Waals surface area (Å²) in [6.45, 7) is 2.64. The highest BCUT2D eigenvalue weighted by atomic mass is 16.5. The van der Waals surface area contributed by atoms with Gasteiger partial charge in [0.2, 0.25) is 0 Å². The number of hydrogen-bond acceptors (Lipinski definition) is 8. The summed E-state index contributed by atoms with van der Waals surface area (Å²) >= 11 is 0. The second-order valence-corrected chi connectivity index (χ2v) is 10.0. The number of methoxy groups -OCH3 is 1. The fourth-order valence-electron chi connectivity index (χ4n) is 5.24. The Balaban J connectivity index is 1.30. The molecule has 0 saturated carbocycles. The molecule has 4 aromatic rings. The summed E-state index contributed by atoms with van der Waals surface area (Å²) in [6.07, 6.45) is 4.36. The van der Waals surface area contributed by atoms with E-state index in [9.17, 15) is 10.1 Å². The van der Waals surface area contributed by atoms with Crippen molar-refractivity contribution in [3.8, 4) is 34.3 Å². The number of benzene rings is 2. The number of carbonyl (C=O) groups is 1. The van der Waals surface area contributed by atoms with Crippen LogP contribution in [0.5, 0.6) is 5.75 Å². The third kappa shape index (κ3) is 5.24. The predicted molar refractivity (Wildman–Crippen MR) is 150 cm³/mol. The van der Waals surface area contributed by atoms with Gasteiger partial charge in [0.25, 0.3) is 5.91 Å². The Hall–Kier alpha value is -4.39. The second kappa shape index (κ2) is 11.4. The number of nitrogens with zero attached hydrogens (tertiary/aromatic N) is 2. The van der Waals surface area contributed by atoms with Crippen molar-refractivity contribution in [1.82, 2.24) is 10.3 Å². The molecule has 6 rings (SSSR count). The van der Waals surface area contributed by atoms with Crippen LogP contribution < -0.4 is 15.4 Å². The van der Waals surface area contributed by atoms with E-state index in [0.29, 0.717) is 52.5 Å². The Kier molecular flexibility index (Phi) is 7.36. The summed E-state index contributed by atoms with van der Waals surface area (Å²) in [5.74, 6) is 0.921. The van der Waals surface area contributed by atoms with Crippen LogP contribution in [0.3, 0.4) is 0 Å². The van der Waals surface area contributed by atoms with Crippen molar-refractivity contribution in [2.45, 2.75) is 31.3 Å². The molecule has 0 radical (unpaired) electrons. The van der Waals surface area contributed by atoms with Crippen LogP contribution in [-0.2, 0) is 9.47 Å². The maximum Gasteiger partial charge on any atom is 0.251 e. The average Bonchev–Trinajstić information content (AvgIpc) is 3.67. The number of carbonyl (C=O) groups excluding carboxylic acids is 1. The molecule has 1 amide bonds. The Labute approximate surface area is 232 Å². The third-order valence-electron chi connectivity index (χ3n) is 7.44. The predicted octanol–water partition coefficient (Wildman–Crippen LogP) is 5.15. The number of hydrogen-bond donors (Lipinski definition) is 2. The van der Waals surface area contributed by atoms with Crippen molar-refractivity contribution < 1.29 is 23.4 Å². The fourth-order valence-corrected chi connectivity index (χ4v) is 5.24. The summed E-state index contributed by atoms with van der Waals surface area (Å²) in [5, 5.41) is 16.4. The van der Waals surface area contributed by atoms with Crippen molar-refractivity contribution in [2.75, 3.05) is 38.9 Å². The highest BCUT2D eigenvalue weighted by Gasteiger charge is 2.21. The first-order valence-electron chi connectivity index (χ1n) is 13.5. The number of amides is 1. The highest BCUT2D eigenvalue weighted by molar-refractivity contribution is 5.97. The Morgan fingerprint density at radius 1 is 1.00 bits per heavy atom. The Bertz CT molecular complexity index is 1580. The molecule has 1 atom stereocenters. The van der Waals surface area contributed by atoms with E-state index in [0.717, 1.165) is 49.3 Å². The molecule has 0 aliphatic carbocycles. The van der Waals surface area contributed by atoms with Gasteiger partial charge in [0.15, 0.2) is 5.58 Å². The number of nitriles is 1. The van der Waals surface area contributed by atoms with Gasteiger partial charge in [0.1, 0.15) is 23.1 Å². The molecule has 204 valence electrons.